The van der Waals surface area contributed by atoms with Crippen molar-refractivity contribution in [3.63, 3.8) is 0 Å². The molecule has 1 N–H and O–H groups in total. The van der Waals surface area contributed by atoms with Crippen LogP contribution in [-0.2, 0) is 60.1 Å². The molecule has 11 rings (SSSR count). The molecule has 0 unspecified atom stereocenters. The number of aromatic nitrogens is 4. The smallest absolute Gasteiger partial charge is 0.411 e. The second kappa shape index (κ2) is 27.9. The summed E-state index contributed by atoms with van der Waals surface area (Å²) in [7, 11) is -4.28. The fourth-order valence-electron chi connectivity index (χ4n) is 14.3. The summed E-state index contributed by atoms with van der Waals surface area (Å²) in [5, 5.41) is 18.8. The Hall–Kier alpha value is -8.21. The quantitative estimate of drug-likeness (QED) is 0.0596. The molecule has 4 saturated carbocycles. The lowest BCUT2D eigenvalue weighted by Gasteiger charge is -2.35. The first kappa shape index (κ1) is 77.0. The first-order valence-corrected chi connectivity index (χ1v) is 35.2. The van der Waals surface area contributed by atoms with Gasteiger partial charge in [0, 0.05) is 30.6 Å². The van der Waals surface area contributed by atoms with E-state index < -0.39 is 187 Å². The molecule has 2 aromatic heterocycles. The number of ether oxygens (including phenoxy) is 5. The number of carbonyl (C=O) groups is 6. The molecule has 2 bridgehead atoms. The molecule has 101 heavy (non-hydrogen) atoms. The molecule has 0 spiro atoms. The average molecular weight is 1430 g/mol. The number of amides is 3. The Bertz CT molecular complexity index is 4140. The van der Waals surface area contributed by atoms with Crippen molar-refractivity contribution in [3.8, 4) is 23.9 Å². The first-order valence-electron chi connectivity index (χ1n) is 33.7. The van der Waals surface area contributed by atoms with E-state index in [9.17, 15) is 65.3 Å². The Labute approximate surface area is 584 Å². The summed E-state index contributed by atoms with van der Waals surface area (Å²) in [6.45, 7) is 22.6. The van der Waals surface area contributed by atoms with Crippen LogP contribution >= 0.6 is 0 Å². The summed E-state index contributed by atoms with van der Waals surface area (Å²) >= 11 is 0. The van der Waals surface area contributed by atoms with E-state index in [1.165, 1.54) is 60.0 Å². The maximum absolute atomic E-state index is 16.5. The van der Waals surface area contributed by atoms with Gasteiger partial charge in [-0.05, 0) is 159 Å². The predicted octanol–water partition coefficient (Wildman–Crippen LogP) is 12.4. The Morgan fingerprint density at radius 1 is 0.802 bits per heavy atom. The number of sulfonamides is 1. The van der Waals surface area contributed by atoms with E-state index >= 15 is 8.78 Å². The molecule has 4 aromatic rings. The van der Waals surface area contributed by atoms with E-state index in [1.54, 1.807) is 69.2 Å². The van der Waals surface area contributed by atoms with Gasteiger partial charge in [0.15, 0.2) is 17.2 Å². The predicted molar refractivity (Wildman–Crippen MR) is 355 cm³/mol. The molecular formula is C72H89F6N9O13S. The van der Waals surface area contributed by atoms with Gasteiger partial charge in [-0.25, -0.2) is 46.7 Å². The zero-order valence-electron chi connectivity index (χ0n) is 58.0. The Balaban J connectivity index is 0.000000262. The minimum atomic E-state index is -4.28. The molecule has 29 heteroatoms. The third-order valence-corrected chi connectivity index (χ3v) is 22.6. The highest BCUT2D eigenvalue weighted by Crippen LogP contribution is 2.60. The van der Waals surface area contributed by atoms with Gasteiger partial charge in [0.1, 0.15) is 35.6 Å². The number of likely N-dealkylation sites (tertiary alicyclic amines) is 1. The zero-order valence-corrected chi connectivity index (χ0v) is 58.8. The number of allylic oxidation sites excluding steroid dienone is 1. The van der Waals surface area contributed by atoms with Gasteiger partial charge >= 0.3 is 24.0 Å². The summed E-state index contributed by atoms with van der Waals surface area (Å²) in [5.74, 6) is -16.1. The van der Waals surface area contributed by atoms with Gasteiger partial charge in [-0.1, -0.05) is 55.0 Å². The van der Waals surface area contributed by atoms with Gasteiger partial charge in [0.25, 0.3) is 5.92 Å². The van der Waals surface area contributed by atoms with Crippen LogP contribution in [0.3, 0.4) is 0 Å². The number of halogens is 6. The minimum Gasteiger partial charge on any atom is -0.471 e. The molecule has 22 nitrogen and oxygen atoms in total. The molecule has 13 atom stereocenters. The molecule has 548 valence electrons. The summed E-state index contributed by atoms with van der Waals surface area (Å²) in [4.78, 5) is 103. The topological polar surface area (TPSA) is 300 Å². The maximum Gasteiger partial charge on any atom is 0.411 e. The van der Waals surface area contributed by atoms with Gasteiger partial charge in [0.2, 0.25) is 40.0 Å². The third kappa shape index (κ3) is 16.2. The second-order valence-electron chi connectivity index (χ2n) is 31.3. The van der Waals surface area contributed by atoms with Crippen molar-refractivity contribution in [1.82, 2.24) is 34.5 Å². The Morgan fingerprint density at radius 2 is 1.42 bits per heavy atom. The van der Waals surface area contributed by atoms with E-state index in [-0.39, 0.29) is 85.3 Å². The van der Waals surface area contributed by atoms with E-state index in [0.717, 1.165) is 6.42 Å². The van der Waals surface area contributed by atoms with Gasteiger partial charge in [-0.2, -0.15) is 28.1 Å². The SMILES string of the molecule is C.C=CC(F)(F)c1nc2ccc(C#N)cc2nc1O[C@H]1CN(C(=O)OC(C)(C)C)[C@H](C(=O)OC(C)(C)C)[C@@H]1C.C[C@@H]1[C@@H]2CN(C(=O)[C@H](C(C)(C)C)CC(=O)O[C@@H]3C[C@@H]4C[C@@H]4[C@H]3CCCCC(F)(F)c3nc4ccc(C#N)cc4nc3O2)[C@@H]1C(=O)C[C@]1(C(=O)NS(=O)(=O)C2(C)CC2)C[C@H]1C(F)F. The Kier molecular flexibility index (Phi) is 21.2. The van der Waals surface area contributed by atoms with Crippen LogP contribution in [0.25, 0.3) is 22.1 Å². The van der Waals surface area contributed by atoms with E-state index in [4.69, 9.17) is 23.7 Å². The standard InChI is InChI=1S/C44H53F4N5O8S.C27H32F2N4O5.CH4/c1-22-33-21-53(35(22)31(54)19-43(18-28(43)37(45)46)40(57)52-62(58,59)42(5)12-13-42)39(56)27(41(2,3)4)17-34(55)60-32-16-24-15-26(24)25(32)8-6-7-11-44(47,48)36-38(61-33)51-30-14-23(20-49)9-10-29(30)50-36;1-9-27(28,29)21-22(32-18-12-16(13-30)10-11-17(18)31-21)36-19-14-33(24(35)38-26(6,7)8)20(15(19)2)23(34)37-25(3,4)5;/h9-10,14,22,24-28,32-33,35,37H,6-8,11-13,15-19,21H2,1-5H3,(H,52,57);9-12,15,19-20H,1,14H2,2-8H3;1H4/t22-,24+,25-,26+,27-,28+,32-,33+,35+,43-;15-,19+,20+;/m11./s1. The Morgan fingerprint density at radius 3 is 1.98 bits per heavy atom. The number of hydrogen-bond donors (Lipinski definition) is 1. The fourth-order valence-corrected chi connectivity index (χ4v) is 15.6. The molecule has 2 saturated heterocycles. The summed E-state index contributed by atoms with van der Waals surface area (Å²) in [6.07, 6.45) is -5.09. The number of ketones is 1. The van der Waals surface area contributed by atoms with Crippen LogP contribution in [0.1, 0.15) is 184 Å². The summed E-state index contributed by atoms with van der Waals surface area (Å²) < 4.78 is 148. The molecule has 0 radical (unpaired) electrons. The molecular weight excluding hydrogens is 1340 g/mol. The van der Waals surface area contributed by atoms with Crippen molar-refractivity contribution in [3.05, 3.63) is 71.6 Å². The van der Waals surface area contributed by atoms with Gasteiger partial charge in [0.05, 0.1) is 87.0 Å². The summed E-state index contributed by atoms with van der Waals surface area (Å²) in [5.41, 5.74) is -5.32. The lowest BCUT2D eigenvalue weighted by molar-refractivity contribution is -0.161. The van der Waals surface area contributed by atoms with Crippen LogP contribution in [0, 0.1) is 74.9 Å². The highest BCUT2D eigenvalue weighted by Gasteiger charge is 2.67. The molecule has 7 aliphatic rings. The van der Waals surface area contributed by atoms with Crippen molar-refractivity contribution in [2.75, 3.05) is 13.1 Å². The summed E-state index contributed by atoms with van der Waals surface area (Å²) in [6, 6.07) is 9.83. The number of benzene rings is 2. The first-order chi connectivity index (χ1) is 46.4. The van der Waals surface area contributed by atoms with Crippen LogP contribution in [0.15, 0.2) is 49.1 Å². The number of nitrogens with zero attached hydrogens (tertiary/aromatic N) is 8. The lowest BCUT2D eigenvalue weighted by atomic mass is 9.77. The van der Waals surface area contributed by atoms with Gasteiger partial charge in [-0.15, -0.1) is 0 Å². The maximum atomic E-state index is 16.5. The van der Waals surface area contributed by atoms with Crippen molar-refractivity contribution in [1.29, 1.82) is 10.5 Å². The number of hydrogen-bond acceptors (Lipinski definition) is 19. The van der Waals surface area contributed by atoms with Crippen LogP contribution in [0.5, 0.6) is 11.8 Å². The van der Waals surface area contributed by atoms with E-state index in [0.29, 0.717) is 37.2 Å². The van der Waals surface area contributed by atoms with Crippen LogP contribution in [0.2, 0.25) is 0 Å². The molecule has 3 aliphatic heterocycles. The number of esters is 2. The molecule has 4 aliphatic carbocycles. The van der Waals surface area contributed by atoms with Gasteiger partial charge < -0.3 is 28.6 Å². The van der Waals surface area contributed by atoms with E-state index in [1.807, 2.05) is 16.9 Å². The van der Waals surface area contributed by atoms with Crippen molar-refractivity contribution in [2.24, 2.45) is 52.3 Å². The fraction of sp³-hybridized carbons (Fsp3) is 0.639. The number of Topliss-reactive ketones (excluding diaryl/α,β-unsaturated/α-hetero) is 1. The van der Waals surface area contributed by atoms with Crippen LogP contribution < -0.4 is 14.2 Å². The van der Waals surface area contributed by atoms with Crippen molar-refractivity contribution >= 4 is 67.7 Å². The number of nitriles is 2. The highest BCUT2D eigenvalue weighted by molar-refractivity contribution is 7.91. The minimum absolute atomic E-state index is 0. The van der Waals surface area contributed by atoms with E-state index in [2.05, 4.69) is 26.5 Å². The second-order valence-corrected chi connectivity index (χ2v) is 33.5. The lowest BCUT2D eigenvalue weighted by Crippen LogP contribution is -2.50. The zero-order chi connectivity index (χ0) is 73.5. The third-order valence-electron chi connectivity index (χ3n) is 20.5. The highest BCUT2D eigenvalue weighted by atomic mass is 32.2. The number of carbonyl (C=O) groups excluding carboxylic acids is 6. The van der Waals surface area contributed by atoms with Crippen LogP contribution in [-0.4, -0.2) is 140 Å². The molecule has 3 amide bonds. The number of nitrogens with one attached hydrogen (secondary N) is 1. The normalized spacial score (nSPS) is 28.5. The molecule has 6 fully saturated rings. The van der Waals surface area contributed by atoms with Gasteiger partial charge in [-0.3, -0.25) is 28.8 Å². The average Bonchev–Trinajstić information content (AvgIpc) is 1.56. The van der Waals surface area contributed by atoms with Crippen molar-refractivity contribution in [2.45, 2.75) is 226 Å². The van der Waals surface area contributed by atoms with Crippen molar-refractivity contribution < 1.29 is 87.2 Å². The number of fused-ring (bicyclic) bond motifs is 8. The molecule has 2 aromatic carbocycles. The molecule has 5 heterocycles. The number of rotatable bonds is 12. The van der Waals surface area contributed by atoms with Crippen LogP contribution in [0.4, 0.5) is 31.1 Å². The monoisotopic (exact) mass is 1430 g/mol. The largest absolute Gasteiger partial charge is 0.471 e. The number of alkyl halides is 6.